The van der Waals surface area contributed by atoms with Gasteiger partial charge in [0.2, 0.25) is 15.9 Å². The van der Waals surface area contributed by atoms with E-state index in [0.717, 1.165) is 24.3 Å². The van der Waals surface area contributed by atoms with E-state index in [1.807, 2.05) is 37.4 Å². The zero-order chi connectivity index (χ0) is 24.0. The molecule has 180 valence electrons. The van der Waals surface area contributed by atoms with Crippen molar-refractivity contribution in [1.29, 1.82) is 0 Å². The van der Waals surface area contributed by atoms with E-state index in [9.17, 15) is 13.2 Å². The number of carbonyl (C=O) groups is 1. The highest BCUT2D eigenvalue weighted by molar-refractivity contribution is 7.98. The molecule has 9 heteroatoms. The second kappa shape index (κ2) is 11.4. The normalized spacial score (nSPS) is 19.8. The van der Waals surface area contributed by atoms with E-state index in [2.05, 4.69) is 28.8 Å². The van der Waals surface area contributed by atoms with Gasteiger partial charge < -0.3 is 15.0 Å². The Morgan fingerprint density at radius 1 is 1.09 bits per heavy atom. The first-order chi connectivity index (χ1) is 15.7. The molecule has 1 amide bonds. The van der Waals surface area contributed by atoms with Crippen LogP contribution in [0, 0.1) is 6.92 Å². The molecule has 1 saturated heterocycles. The molecule has 0 aliphatic carbocycles. The van der Waals surface area contributed by atoms with Crippen molar-refractivity contribution in [2.75, 3.05) is 35.3 Å². The SMILES string of the molecule is CSCCC(NS(=O)(=O)c1ccc(C)cc1)C(=O)Nc1ccc(N2CC(C)OC(C)C2)cc1. The number of anilines is 2. The van der Waals surface area contributed by atoms with Gasteiger partial charge in [-0.1, -0.05) is 17.7 Å². The molecule has 1 aliphatic rings. The van der Waals surface area contributed by atoms with Gasteiger partial charge in [-0.25, -0.2) is 8.42 Å². The first-order valence-corrected chi connectivity index (χ1v) is 13.9. The van der Waals surface area contributed by atoms with Gasteiger partial charge in [-0.2, -0.15) is 16.5 Å². The highest BCUT2D eigenvalue weighted by Gasteiger charge is 2.26. The van der Waals surface area contributed by atoms with Crippen LogP contribution in [0.3, 0.4) is 0 Å². The minimum absolute atomic E-state index is 0.147. The van der Waals surface area contributed by atoms with Crippen LogP contribution >= 0.6 is 11.8 Å². The summed E-state index contributed by atoms with van der Waals surface area (Å²) in [4.78, 5) is 15.4. The fourth-order valence-corrected chi connectivity index (χ4v) is 5.53. The summed E-state index contributed by atoms with van der Waals surface area (Å²) in [6.07, 6.45) is 2.63. The highest BCUT2D eigenvalue weighted by Crippen LogP contribution is 2.23. The summed E-state index contributed by atoms with van der Waals surface area (Å²) in [6.45, 7) is 7.64. The molecule has 0 spiro atoms. The second-order valence-electron chi connectivity index (χ2n) is 8.47. The zero-order valence-electron chi connectivity index (χ0n) is 19.6. The predicted octanol–water partition coefficient (Wildman–Crippen LogP) is 3.65. The number of sulfonamides is 1. The van der Waals surface area contributed by atoms with Crippen molar-refractivity contribution in [2.45, 2.75) is 50.3 Å². The van der Waals surface area contributed by atoms with Gasteiger partial charge >= 0.3 is 0 Å². The molecule has 1 aliphatic heterocycles. The summed E-state index contributed by atoms with van der Waals surface area (Å²) in [5, 5.41) is 2.86. The number of hydrogen-bond donors (Lipinski definition) is 2. The molecule has 1 fully saturated rings. The van der Waals surface area contributed by atoms with Crippen LogP contribution in [0.1, 0.15) is 25.8 Å². The van der Waals surface area contributed by atoms with Crippen molar-refractivity contribution < 1.29 is 17.9 Å². The number of morpholine rings is 1. The first kappa shape index (κ1) is 25.6. The molecule has 3 rings (SSSR count). The third kappa shape index (κ3) is 7.20. The highest BCUT2D eigenvalue weighted by atomic mass is 32.2. The summed E-state index contributed by atoms with van der Waals surface area (Å²) in [7, 11) is -3.81. The van der Waals surface area contributed by atoms with Gasteiger partial charge in [0.1, 0.15) is 6.04 Å². The number of carbonyl (C=O) groups excluding carboxylic acids is 1. The summed E-state index contributed by atoms with van der Waals surface area (Å²) >= 11 is 1.56. The van der Waals surface area contributed by atoms with Crippen molar-refractivity contribution in [3.05, 3.63) is 54.1 Å². The Kier molecular flexibility index (Phi) is 8.81. The third-order valence-corrected chi connectivity index (χ3v) is 7.61. The number of thioether (sulfide) groups is 1. The number of benzene rings is 2. The van der Waals surface area contributed by atoms with E-state index in [1.165, 1.54) is 0 Å². The van der Waals surface area contributed by atoms with E-state index < -0.39 is 16.1 Å². The number of nitrogens with zero attached hydrogens (tertiary/aromatic N) is 1. The molecule has 3 atom stereocenters. The van der Waals surface area contributed by atoms with Crippen LogP contribution < -0.4 is 14.9 Å². The van der Waals surface area contributed by atoms with E-state index in [1.54, 1.807) is 36.0 Å². The molecule has 0 radical (unpaired) electrons. The Morgan fingerprint density at radius 2 is 1.70 bits per heavy atom. The van der Waals surface area contributed by atoms with Crippen LogP contribution in [0.5, 0.6) is 0 Å². The number of amides is 1. The monoisotopic (exact) mass is 491 g/mol. The van der Waals surface area contributed by atoms with Crippen LogP contribution in [0.2, 0.25) is 0 Å². The third-order valence-electron chi connectivity index (χ3n) is 5.48. The zero-order valence-corrected chi connectivity index (χ0v) is 21.2. The smallest absolute Gasteiger partial charge is 0.242 e. The number of hydrogen-bond acceptors (Lipinski definition) is 6. The molecule has 2 aromatic carbocycles. The van der Waals surface area contributed by atoms with Gasteiger partial charge in [0.05, 0.1) is 17.1 Å². The quantitative estimate of drug-likeness (QED) is 0.557. The van der Waals surface area contributed by atoms with Crippen molar-refractivity contribution in [3.63, 3.8) is 0 Å². The van der Waals surface area contributed by atoms with Gasteiger partial charge in [-0.15, -0.1) is 0 Å². The molecule has 3 unspecified atom stereocenters. The van der Waals surface area contributed by atoms with Gasteiger partial charge in [-0.05, 0) is 75.6 Å². The molecule has 7 nitrogen and oxygen atoms in total. The molecule has 2 aromatic rings. The van der Waals surface area contributed by atoms with Gasteiger partial charge in [-0.3, -0.25) is 4.79 Å². The molecular formula is C24H33N3O4S2. The lowest BCUT2D eigenvalue weighted by Crippen LogP contribution is -2.45. The van der Waals surface area contributed by atoms with E-state index in [4.69, 9.17) is 4.74 Å². The Balaban J connectivity index is 1.68. The lowest BCUT2D eigenvalue weighted by Gasteiger charge is -2.36. The Bertz CT molecular complexity index is 1020. The maximum Gasteiger partial charge on any atom is 0.242 e. The molecule has 0 bridgehead atoms. The predicted molar refractivity (Wildman–Crippen MR) is 136 cm³/mol. The van der Waals surface area contributed by atoms with Crippen LogP contribution in [0.15, 0.2) is 53.4 Å². The van der Waals surface area contributed by atoms with Crippen LogP contribution in [0.4, 0.5) is 11.4 Å². The number of rotatable bonds is 9. The first-order valence-electron chi connectivity index (χ1n) is 11.1. The van der Waals surface area contributed by atoms with Crippen molar-refractivity contribution >= 4 is 39.1 Å². The van der Waals surface area contributed by atoms with Crippen molar-refractivity contribution in [2.24, 2.45) is 0 Å². The second-order valence-corrected chi connectivity index (χ2v) is 11.2. The van der Waals surface area contributed by atoms with E-state index in [-0.39, 0.29) is 23.0 Å². The summed E-state index contributed by atoms with van der Waals surface area (Å²) < 4.78 is 34.0. The van der Waals surface area contributed by atoms with Gasteiger partial charge in [0, 0.05) is 24.5 Å². The molecule has 33 heavy (non-hydrogen) atoms. The molecule has 2 N–H and O–H groups in total. The fraction of sp³-hybridized carbons (Fsp3) is 0.458. The van der Waals surface area contributed by atoms with E-state index in [0.29, 0.717) is 17.9 Å². The van der Waals surface area contributed by atoms with Crippen LogP contribution in [-0.2, 0) is 19.6 Å². The summed E-state index contributed by atoms with van der Waals surface area (Å²) in [5.74, 6) is 0.280. The van der Waals surface area contributed by atoms with Gasteiger partial charge in [0.25, 0.3) is 0 Å². The molecule has 0 aromatic heterocycles. The number of nitrogens with one attached hydrogen (secondary N) is 2. The minimum Gasteiger partial charge on any atom is -0.372 e. The molecule has 0 saturated carbocycles. The summed E-state index contributed by atoms with van der Waals surface area (Å²) in [5.41, 5.74) is 2.66. The standard InChI is InChI=1S/C24H33N3O4S2/c1-17-5-11-22(12-6-17)33(29,30)26-23(13-14-32-4)24(28)25-20-7-9-21(10-8-20)27-15-18(2)31-19(3)16-27/h5-12,18-19,23,26H,13-16H2,1-4H3,(H,25,28). The largest absolute Gasteiger partial charge is 0.372 e. The van der Waals surface area contributed by atoms with Crippen molar-refractivity contribution in [3.8, 4) is 0 Å². The number of aryl methyl sites for hydroxylation is 1. The van der Waals surface area contributed by atoms with E-state index >= 15 is 0 Å². The average molecular weight is 492 g/mol. The lowest BCUT2D eigenvalue weighted by atomic mass is 10.2. The van der Waals surface area contributed by atoms with Crippen LogP contribution in [0.25, 0.3) is 0 Å². The lowest BCUT2D eigenvalue weighted by molar-refractivity contribution is -0.117. The maximum atomic E-state index is 13.0. The Morgan fingerprint density at radius 3 is 2.27 bits per heavy atom. The molecule has 1 heterocycles. The Hall–Kier alpha value is -2.07. The van der Waals surface area contributed by atoms with Crippen molar-refractivity contribution in [1.82, 2.24) is 4.72 Å². The van der Waals surface area contributed by atoms with Gasteiger partial charge in [0.15, 0.2) is 0 Å². The number of ether oxygens (including phenoxy) is 1. The van der Waals surface area contributed by atoms with Crippen LogP contribution in [-0.4, -0.2) is 57.7 Å². The maximum absolute atomic E-state index is 13.0. The molecular weight excluding hydrogens is 458 g/mol. The topological polar surface area (TPSA) is 87.7 Å². The Labute approximate surface area is 201 Å². The fourth-order valence-electron chi connectivity index (χ4n) is 3.83. The average Bonchev–Trinajstić information content (AvgIpc) is 2.76. The summed E-state index contributed by atoms with van der Waals surface area (Å²) in [6, 6.07) is 13.3. The minimum atomic E-state index is -3.81.